The van der Waals surface area contributed by atoms with E-state index in [0.29, 0.717) is 4.90 Å². The predicted molar refractivity (Wildman–Crippen MR) is 71.3 cm³/mol. The Labute approximate surface area is 109 Å². The van der Waals surface area contributed by atoms with Crippen molar-refractivity contribution in [2.24, 2.45) is 0 Å². The first-order valence-electron chi connectivity index (χ1n) is 5.37. The van der Waals surface area contributed by atoms with Crippen molar-refractivity contribution in [3.05, 3.63) is 58.3 Å². The summed E-state index contributed by atoms with van der Waals surface area (Å²) in [6.45, 7) is 1.99. The zero-order valence-corrected chi connectivity index (χ0v) is 10.6. The molecule has 0 radical (unpaired) electrons. The van der Waals surface area contributed by atoms with Gasteiger partial charge in [0.25, 0.3) is 0 Å². The van der Waals surface area contributed by atoms with Crippen molar-refractivity contribution in [1.29, 1.82) is 0 Å². The van der Waals surface area contributed by atoms with Crippen molar-refractivity contribution < 1.29 is 10.2 Å². The molecular weight excluding hydrogens is 248 g/mol. The van der Waals surface area contributed by atoms with Crippen LogP contribution in [0.4, 0.5) is 0 Å². The smallest absolute Gasteiger partial charge is 0.224 e. The summed E-state index contributed by atoms with van der Waals surface area (Å²) in [5.41, 5.74) is 0.551. The summed E-state index contributed by atoms with van der Waals surface area (Å²) in [5.74, 6) is -0.995. The van der Waals surface area contributed by atoms with Crippen molar-refractivity contribution in [3.8, 4) is 11.5 Å². The molecule has 0 bridgehead atoms. The van der Waals surface area contributed by atoms with Gasteiger partial charge in [0.05, 0.1) is 4.90 Å². The van der Waals surface area contributed by atoms with Gasteiger partial charge in [-0.1, -0.05) is 35.5 Å². The van der Waals surface area contributed by atoms with Crippen molar-refractivity contribution >= 4 is 11.8 Å². The molecule has 3 nitrogen and oxygen atoms in total. The second kappa shape index (κ2) is 5.14. The van der Waals surface area contributed by atoms with Crippen molar-refractivity contribution in [3.63, 3.8) is 0 Å². The molecule has 0 aliphatic heterocycles. The average Bonchev–Trinajstić information content (AvgIpc) is 2.47. The lowest BCUT2D eigenvalue weighted by atomic mass is 10.2. The largest absolute Gasteiger partial charge is 0.503 e. The maximum atomic E-state index is 11.3. The van der Waals surface area contributed by atoms with Crippen LogP contribution in [0.15, 0.2) is 57.1 Å². The van der Waals surface area contributed by atoms with E-state index < -0.39 is 11.2 Å². The summed E-state index contributed by atoms with van der Waals surface area (Å²) in [5, 5.41) is 19.3. The van der Waals surface area contributed by atoms with Crippen LogP contribution >= 0.6 is 11.8 Å². The van der Waals surface area contributed by atoms with Gasteiger partial charge in [-0.05, 0) is 31.2 Å². The molecule has 0 saturated carbocycles. The third-order valence-electron chi connectivity index (χ3n) is 2.44. The Bertz CT molecular complexity index is 621. The quantitative estimate of drug-likeness (QED) is 0.871. The second-order valence-electron chi connectivity index (χ2n) is 3.87. The Hall–Kier alpha value is -1.94. The van der Waals surface area contributed by atoms with Crippen LogP contribution in [0.2, 0.25) is 0 Å². The highest BCUT2D eigenvalue weighted by molar-refractivity contribution is 7.99. The molecule has 18 heavy (non-hydrogen) atoms. The summed E-state index contributed by atoms with van der Waals surface area (Å²) >= 11 is 1.29. The van der Waals surface area contributed by atoms with Crippen molar-refractivity contribution in [2.45, 2.75) is 16.7 Å². The first-order valence-corrected chi connectivity index (χ1v) is 6.19. The molecule has 2 aromatic rings. The number of benzene rings is 1. The maximum Gasteiger partial charge on any atom is 0.224 e. The molecule has 0 unspecified atom stereocenters. The predicted octanol–water partition coefficient (Wildman–Crippen LogP) is 2.92. The minimum absolute atomic E-state index is 0.379. The molecule has 0 amide bonds. The molecule has 0 saturated heterocycles. The van der Waals surface area contributed by atoms with Gasteiger partial charge in [0.1, 0.15) is 0 Å². The standard InChI is InChI=1S/C14H12O3S/c1-9-5-7-10(8-6-9)18-12-4-2-3-11(15)13(16)14(12)17/h2-8H,1H3,(H2,15,16,17). The number of rotatable bonds is 2. The summed E-state index contributed by atoms with van der Waals surface area (Å²) in [6.07, 6.45) is 0. The van der Waals surface area contributed by atoms with Gasteiger partial charge >= 0.3 is 0 Å². The zero-order valence-electron chi connectivity index (χ0n) is 9.75. The normalized spacial score (nSPS) is 10.3. The number of hydrogen-bond acceptors (Lipinski definition) is 4. The molecule has 0 heterocycles. The molecule has 0 aliphatic rings. The van der Waals surface area contributed by atoms with Crippen LogP contribution < -0.4 is 5.43 Å². The van der Waals surface area contributed by atoms with Gasteiger partial charge in [-0.2, -0.15) is 0 Å². The van der Waals surface area contributed by atoms with Crippen LogP contribution in [-0.2, 0) is 0 Å². The highest BCUT2D eigenvalue weighted by Gasteiger charge is 2.09. The Kier molecular flexibility index (Phi) is 3.58. The first kappa shape index (κ1) is 12.5. The van der Waals surface area contributed by atoms with Crippen LogP contribution in [0.25, 0.3) is 0 Å². The number of hydrogen-bond donors (Lipinski definition) is 2. The van der Waals surface area contributed by atoms with E-state index in [4.69, 9.17) is 0 Å². The zero-order chi connectivity index (χ0) is 13.1. The van der Waals surface area contributed by atoms with Gasteiger partial charge in [0.15, 0.2) is 5.75 Å². The van der Waals surface area contributed by atoms with Crippen LogP contribution in [0, 0.1) is 6.92 Å². The molecule has 92 valence electrons. The SMILES string of the molecule is Cc1ccc(Sc2cccc(=O)c(O)c2O)cc1. The lowest BCUT2D eigenvalue weighted by Crippen LogP contribution is -1.92. The van der Waals surface area contributed by atoms with Crippen LogP contribution in [0.5, 0.6) is 11.5 Å². The molecule has 0 fully saturated rings. The lowest BCUT2D eigenvalue weighted by Gasteiger charge is -2.02. The summed E-state index contributed by atoms with van der Waals surface area (Å²) in [6, 6.07) is 12.1. The Balaban J connectivity index is 2.41. The Morgan fingerprint density at radius 2 is 1.61 bits per heavy atom. The van der Waals surface area contributed by atoms with E-state index >= 15 is 0 Å². The topological polar surface area (TPSA) is 57.5 Å². The van der Waals surface area contributed by atoms with E-state index in [1.807, 2.05) is 31.2 Å². The minimum atomic E-state index is -0.616. The highest BCUT2D eigenvalue weighted by atomic mass is 32.2. The molecular formula is C14H12O3S. The molecule has 0 aromatic heterocycles. The van der Waals surface area contributed by atoms with E-state index in [-0.39, 0.29) is 5.75 Å². The number of aromatic hydroxyl groups is 2. The van der Waals surface area contributed by atoms with E-state index in [0.717, 1.165) is 10.5 Å². The van der Waals surface area contributed by atoms with E-state index in [1.165, 1.54) is 23.9 Å². The fourth-order valence-electron chi connectivity index (χ4n) is 1.43. The number of aryl methyl sites for hydroxylation is 1. The second-order valence-corrected chi connectivity index (χ2v) is 4.98. The van der Waals surface area contributed by atoms with Crippen LogP contribution in [0.3, 0.4) is 0 Å². The molecule has 0 spiro atoms. The van der Waals surface area contributed by atoms with Crippen molar-refractivity contribution in [1.82, 2.24) is 0 Å². The fraction of sp³-hybridized carbons (Fsp3) is 0.0714. The molecule has 2 rings (SSSR count). The van der Waals surface area contributed by atoms with Gasteiger partial charge < -0.3 is 10.2 Å². The molecule has 0 atom stereocenters. The average molecular weight is 260 g/mol. The third kappa shape index (κ3) is 2.65. The van der Waals surface area contributed by atoms with Gasteiger partial charge in [-0.15, -0.1) is 0 Å². The Morgan fingerprint density at radius 1 is 0.944 bits per heavy atom. The fourth-order valence-corrected chi connectivity index (χ4v) is 2.30. The van der Waals surface area contributed by atoms with Crippen LogP contribution in [0.1, 0.15) is 5.56 Å². The van der Waals surface area contributed by atoms with Gasteiger partial charge in [0.2, 0.25) is 11.2 Å². The summed E-state index contributed by atoms with van der Waals surface area (Å²) in [4.78, 5) is 12.6. The molecule has 2 N–H and O–H groups in total. The Morgan fingerprint density at radius 3 is 2.28 bits per heavy atom. The maximum absolute atomic E-state index is 11.3. The molecule has 0 aliphatic carbocycles. The minimum Gasteiger partial charge on any atom is -0.503 e. The van der Waals surface area contributed by atoms with E-state index in [1.54, 1.807) is 6.07 Å². The summed E-state index contributed by atoms with van der Waals surface area (Å²) < 4.78 is 0. The molecule has 2 aromatic carbocycles. The molecule has 4 heteroatoms. The van der Waals surface area contributed by atoms with E-state index in [2.05, 4.69) is 0 Å². The van der Waals surface area contributed by atoms with Crippen molar-refractivity contribution in [2.75, 3.05) is 0 Å². The van der Waals surface area contributed by atoms with Gasteiger partial charge in [0, 0.05) is 4.90 Å². The first-order chi connectivity index (χ1) is 8.58. The van der Waals surface area contributed by atoms with E-state index in [9.17, 15) is 15.0 Å². The van der Waals surface area contributed by atoms with Crippen LogP contribution in [-0.4, -0.2) is 10.2 Å². The van der Waals surface area contributed by atoms with Gasteiger partial charge in [-0.3, -0.25) is 4.79 Å². The third-order valence-corrected chi connectivity index (χ3v) is 3.49. The highest BCUT2D eigenvalue weighted by Crippen LogP contribution is 2.36. The monoisotopic (exact) mass is 260 g/mol. The summed E-state index contributed by atoms with van der Waals surface area (Å²) in [7, 11) is 0. The van der Waals surface area contributed by atoms with Gasteiger partial charge in [-0.25, -0.2) is 0 Å². The lowest BCUT2D eigenvalue weighted by molar-refractivity contribution is 0.394.